The van der Waals surface area contributed by atoms with Crippen molar-refractivity contribution in [1.82, 2.24) is 14.9 Å². The molecule has 2 aromatic heterocycles. The highest BCUT2D eigenvalue weighted by molar-refractivity contribution is 7.12. The van der Waals surface area contributed by atoms with Crippen molar-refractivity contribution in [3.8, 4) is 11.4 Å². The van der Waals surface area contributed by atoms with Crippen LogP contribution in [0.15, 0.2) is 53.9 Å². The molecular formula is C23H18F2N4O2S. The molecule has 9 heteroatoms. The van der Waals surface area contributed by atoms with Crippen molar-refractivity contribution in [2.45, 2.75) is 18.9 Å². The standard InChI is InChI=1S/C23H18F2N4O2S/c24-13-5-7-16(25)15(11-13)21-27-17-8-6-14(12-18(17)28-21)26-22(30)19-3-1-9-29(19)23(31)20-4-2-10-32-20/h2,4-8,10-12,19H,1,3,9H2,(H,26,30)(H,27,28)/t19-/m0/s1. The van der Waals surface area contributed by atoms with Crippen LogP contribution in [0.3, 0.4) is 0 Å². The molecule has 3 heterocycles. The number of halogens is 2. The number of fused-ring (bicyclic) bond motifs is 1. The number of likely N-dealkylation sites (tertiary alicyclic amines) is 1. The molecule has 2 aromatic carbocycles. The number of hydrogen-bond acceptors (Lipinski definition) is 4. The molecule has 0 radical (unpaired) electrons. The first kappa shape index (κ1) is 20.3. The number of anilines is 1. The normalized spacial score (nSPS) is 15.9. The zero-order valence-corrected chi connectivity index (χ0v) is 17.6. The Morgan fingerprint density at radius 2 is 2.03 bits per heavy atom. The van der Waals surface area contributed by atoms with Gasteiger partial charge in [-0.1, -0.05) is 6.07 Å². The summed E-state index contributed by atoms with van der Waals surface area (Å²) in [7, 11) is 0. The Kier molecular flexibility index (Phi) is 5.18. The van der Waals surface area contributed by atoms with Gasteiger partial charge in [0.05, 0.1) is 21.5 Å². The maximum atomic E-state index is 14.1. The van der Waals surface area contributed by atoms with Gasteiger partial charge in [-0.3, -0.25) is 9.59 Å². The number of carbonyl (C=O) groups is 2. The third-order valence-electron chi connectivity index (χ3n) is 5.48. The Hall–Kier alpha value is -3.59. The van der Waals surface area contributed by atoms with E-state index in [-0.39, 0.29) is 23.2 Å². The minimum Gasteiger partial charge on any atom is -0.338 e. The Labute approximate surface area is 185 Å². The Balaban J connectivity index is 1.36. The SMILES string of the molecule is O=C(Nc1ccc2nc(-c3cc(F)ccc3F)[nH]c2c1)[C@@H]1CCCN1C(=O)c1cccs1. The fourth-order valence-electron chi connectivity index (χ4n) is 3.94. The smallest absolute Gasteiger partial charge is 0.264 e. The first-order valence-electron chi connectivity index (χ1n) is 10.1. The summed E-state index contributed by atoms with van der Waals surface area (Å²) >= 11 is 1.36. The highest BCUT2D eigenvalue weighted by Crippen LogP contribution is 2.27. The molecule has 0 aliphatic carbocycles. The van der Waals surface area contributed by atoms with Gasteiger partial charge in [-0.05, 0) is 60.7 Å². The first-order chi connectivity index (χ1) is 15.5. The number of amides is 2. The van der Waals surface area contributed by atoms with E-state index < -0.39 is 17.7 Å². The number of thiophene rings is 1. The van der Waals surface area contributed by atoms with E-state index in [0.717, 1.165) is 24.6 Å². The molecule has 1 atom stereocenters. The van der Waals surface area contributed by atoms with Crippen LogP contribution < -0.4 is 5.32 Å². The summed E-state index contributed by atoms with van der Waals surface area (Å²) in [6.45, 7) is 0.539. The quantitative estimate of drug-likeness (QED) is 0.466. The molecule has 5 rings (SSSR count). The van der Waals surface area contributed by atoms with Gasteiger partial charge in [-0.2, -0.15) is 0 Å². The number of nitrogens with zero attached hydrogens (tertiary/aromatic N) is 2. The van der Waals surface area contributed by atoms with E-state index >= 15 is 0 Å². The zero-order valence-electron chi connectivity index (χ0n) is 16.8. The van der Waals surface area contributed by atoms with E-state index in [1.807, 2.05) is 11.4 Å². The highest BCUT2D eigenvalue weighted by Gasteiger charge is 2.35. The second kappa shape index (κ2) is 8.16. The van der Waals surface area contributed by atoms with Crippen molar-refractivity contribution >= 4 is 39.9 Å². The van der Waals surface area contributed by atoms with Crippen LogP contribution in [0.2, 0.25) is 0 Å². The number of benzene rings is 2. The molecule has 1 aliphatic heterocycles. The van der Waals surface area contributed by atoms with Gasteiger partial charge in [0.2, 0.25) is 5.91 Å². The third-order valence-corrected chi connectivity index (χ3v) is 6.34. The highest BCUT2D eigenvalue weighted by atomic mass is 32.1. The van der Waals surface area contributed by atoms with E-state index in [2.05, 4.69) is 15.3 Å². The summed E-state index contributed by atoms with van der Waals surface area (Å²) in [5.41, 5.74) is 1.67. The lowest BCUT2D eigenvalue weighted by molar-refractivity contribution is -0.119. The molecule has 4 aromatic rings. The van der Waals surface area contributed by atoms with Gasteiger partial charge >= 0.3 is 0 Å². The molecule has 0 saturated carbocycles. The largest absolute Gasteiger partial charge is 0.338 e. The Bertz CT molecular complexity index is 1320. The number of imidazole rings is 1. The summed E-state index contributed by atoms with van der Waals surface area (Å²) in [6.07, 6.45) is 1.36. The molecule has 2 N–H and O–H groups in total. The van der Waals surface area contributed by atoms with Crippen molar-refractivity contribution < 1.29 is 18.4 Å². The molecule has 1 fully saturated rings. The lowest BCUT2D eigenvalue weighted by atomic mass is 10.2. The predicted octanol–water partition coefficient (Wildman–Crippen LogP) is 4.81. The average Bonchev–Trinajstić information content (AvgIpc) is 3.54. The minimum atomic E-state index is -0.587. The third kappa shape index (κ3) is 3.75. The summed E-state index contributed by atoms with van der Waals surface area (Å²) in [5.74, 6) is -1.35. The van der Waals surface area contributed by atoms with Crippen LogP contribution in [0, 0.1) is 11.6 Å². The molecular weight excluding hydrogens is 434 g/mol. The fraction of sp³-hybridized carbons (Fsp3) is 0.174. The number of aromatic amines is 1. The number of hydrogen-bond donors (Lipinski definition) is 2. The lowest BCUT2D eigenvalue weighted by Crippen LogP contribution is -2.42. The molecule has 32 heavy (non-hydrogen) atoms. The molecule has 1 aliphatic rings. The van der Waals surface area contributed by atoms with E-state index in [0.29, 0.717) is 34.6 Å². The summed E-state index contributed by atoms with van der Waals surface area (Å²) in [4.78, 5) is 35.2. The molecule has 0 spiro atoms. The molecule has 6 nitrogen and oxygen atoms in total. The number of carbonyl (C=O) groups excluding carboxylic acids is 2. The van der Waals surface area contributed by atoms with Gasteiger partial charge in [-0.15, -0.1) is 11.3 Å². The molecule has 162 valence electrons. The lowest BCUT2D eigenvalue weighted by Gasteiger charge is -2.23. The Morgan fingerprint density at radius 1 is 1.16 bits per heavy atom. The van der Waals surface area contributed by atoms with Crippen molar-refractivity contribution in [2.24, 2.45) is 0 Å². The van der Waals surface area contributed by atoms with Crippen molar-refractivity contribution in [3.63, 3.8) is 0 Å². The maximum absolute atomic E-state index is 14.1. The number of aromatic nitrogens is 2. The van der Waals surface area contributed by atoms with Crippen LogP contribution in [0.5, 0.6) is 0 Å². The van der Waals surface area contributed by atoms with Gasteiger partial charge in [0.15, 0.2) is 0 Å². The molecule has 2 amide bonds. The molecule has 0 bridgehead atoms. The summed E-state index contributed by atoms with van der Waals surface area (Å²) in [5, 5.41) is 4.70. The summed E-state index contributed by atoms with van der Waals surface area (Å²) < 4.78 is 27.6. The molecule has 1 saturated heterocycles. The van der Waals surface area contributed by atoms with Gasteiger partial charge in [0.25, 0.3) is 5.91 Å². The van der Waals surface area contributed by atoms with Crippen LogP contribution in [0.1, 0.15) is 22.5 Å². The topological polar surface area (TPSA) is 78.1 Å². The molecule has 0 unspecified atom stereocenters. The Morgan fingerprint density at radius 3 is 2.84 bits per heavy atom. The maximum Gasteiger partial charge on any atom is 0.264 e. The average molecular weight is 452 g/mol. The van der Waals surface area contributed by atoms with Crippen LogP contribution in [0.25, 0.3) is 22.4 Å². The van der Waals surface area contributed by atoms with Crippen molar-refractivity contribution in [3.05, 3.63) is 70.4 Å². The van der Waals surface area contributed by atoms with E-state index in [1.54, 1.807) is 29.2 Å². The predicted molar refractivity (Wildman–Crippen MR) is 118 cm³/mol. The van der Waals surface area contributed by atoms with Crippen LogP contribution >= 0.6 is 11.3 Å². The van der Waals surface area contributed by atoms with Crippen LogP contribution in [-0.4, -0.2) is 39.3 Å². The van der Waals surface area contributed by atoms with Gasteiger partial charge in [0, 0.05) is 12.2 Å². The van der Waals surface area contributed by atoms with Crippen LogP contribution in [0.4, 0.5) is 14.5 Å². The van der Waals surface area contributed by atoms with Gasteiger partial charge in [-0.25, -0.2) is 13.8 Å². The zero-order chi connectivity index (χ0) is 22.2. The van der Waals surface area contributed by atoms with E-state index in [4.69, 9.17) is 0 Å². The van der Waals surface area contributed by atoms with Crippen LogP contribution in [-0.2, 0) is 4.79 Å². The van der Waals surface area contributed by atoms with Crippen molar-refractivity contribution in [1.29, 1.82) is 0 Å². The van der Waals surface area contributed by atoms with E-state index in [9.17, 15) is 18.4 Å². The van der Waals surface area contributed by atoms with E-state index in [1.165, 1.54) is 11.3 Å². The summed E-state index contributed by atoms with van der Waals surface area (Å²) in [6, 6.07) is 11.3. The first-order valence-corrected chi connectivity index (χ1v) is 11.0. The van der Waals surface area contributed by atoms with Crippen molar-refractivity contribution in [2.75, 3.05) is 11.9 Å². The monoisotopic (exact) mass is 452 g/mol. The minimum absolute atomic E-state index is 0.0282. The number of nitrogens with one attached hydrogen (secondary N) is 2. The number of rotatable bonds is 4. The second-order valence-electron chi connectivity index (χ2n) is 7.56. The fourth-order valence-corrected chi connectivity index (χ4v) is 4.62. The van der Waals surface area contributed by atoms with Gasteiger partial charge < -0.3 is 15.2 Å². The van der Waals surface area contributed by atoms with Gasteiger partial charge in [0.1, 0.15) is 23.5 Å². The number of H-pyrrole nitrogens is 1. The second-order valence-corrected chi connectivity index (χ2v) is 8.51.